The molecular formula is C12H12BrClN2O. The van der Waals surface area contributed by atoms with Gasteiger partial charge in [0.2, 0.25) is 0 Å². The Labute approximate surface area is 113 Å². The smallest absolute Gasteiger partial charge is 0.135 e. The molecule has 0 aliphatic heterocycles. The summed E-state index contributed by atoms with van der Waals surface area (Å²) in [4.78, 5) is 4.32. The topological polar surface area (TPSA) is 45.1 Å². The van der Waals surface area contributed by atoms with Crippen LogP contribution in [0.3, 0.4) is 0 Å². The fraction of sp³-hybridized carbons (Fsp3) is 0.250. The Morgan fingerprint density at radius 1 is 1.41 bits per heavy atom. The van der Waals surface area contributed by atoms with E-state index in [4.69, 9.17) is 16.7 Å². The van der Waals surface area contributed by atoms with Gasteiger partial charge >= 0.3 is 0 Å². The second-order valence-electron chi connectivity index (χ2n) is 3.62. The van der Waals surface area contributed by atoms with E-state index in [1.54, 1.807) is 6.20 Å². The molecule has 90 valence electrons. The maximum absolute atomic E-state index is 8.76. The fourth-order valence-corrected chi connectivity index (χ4v) is 2.34. The molecule has 2 aromatic rings. The van der Waals surface area contributed by atoms with Crippen LogP contribution >= 0.6 is 27.5 Å². The van der Waals surface area contributed by atoms with E-state index in [1.807, 2.05) is 18.2 Å². The Morgan fingerprint density at radius 2 is 2.24 bits per heavy atom. The highest BCUT2D eigenvalue weighted by atomic mass is 79.9. The zero-order valence-corrected chi connectivity index (χ0v) is 11.4. The van der Waals surface area contributed by atoms with Gasteiger partial charge < -0.3 is 10.4 Å². The van der Waals surface area contributed by atoms with Gasteiger partial charge in [0.15, 0.2) is 0 Å². The van der Waals surface area contributed by atoms with Gasteiger partial charge in [-0.1, -0.05) is 23.7 Å². The average Bonchev–Trinajstić information content (AvgIpc) is 2.33. The van der Waals surface area contributed by atoms with Gasteiger partial charge in [-0.2, -0.15) is 0 Å². The van der Waals surface area contributed by atoms with Crippen molar-refractivity contribution >= 4 is 44.1 Å². The van der Waals surface area contributed by atoms with Crippen molar-refractivity contribution < 1.29 is 5.11 Å². The minimum Gasteiger partial charge on any atom is -0.396 e. The summed E-state index contributed by atoms with van der Waals surface area (Å²) in [7, 11) is 0. The summed E-state index contributed by atoms with van der Waals surface area (Å²) >= 11 is 9.65. The normalized spacial score (nSPS) is 10.8. The number of aliphatic hydroxyl groups is 1. The van der Waals surface area contributed by atoms with E-state index < -0.39 is 0 Å². The van der Waals surface area contributed by atoms with Gasteiger partial charge in [0, 0.05) is 34.6 Å². The molecule has 1 heterocycles. The molecule has 5 heteroatoms. The monoisotopic (exact) mass is 314 g/mol. The molecule has 0 radical (unpaired) electrons. The van der Waals surface area contributed by atoms with Crippen LogP contribution in [0, 0.1) is 0 Å². The molecule has 0 spiro atoms. The van der Waals surface area contributed by atoms with E-state index in [1.165, 1.54) is 0 Å². The molecule has 0 aliphatic carbocycles. The van der Waals surface area contributed by atoms with Gasteiger partial charge in [-0.3, -0.25) is 0 Å². The van der Waals surface area contributed by atoms with Crippen molar-refractivity contribution in [2.75, 3.05) is 18.5 Å². The number of nitrogens with zero attached hydrogens (tertiary/aromatic N) is 1. The maximum atomic E-state index is 8.76. The number of pyridine rings is 1. The number of benzene rings is 1. The predicted octanol–water partition coefficient (Wildman–Crippen LogP) is 3.45. The molecule has 0 unspecified atom stereocenters. The lowest BCUT2D eigenvalue weighted by molar-refractivity contribution is 0.292. The number of fused-ring (bicyclic) bond motifs is 1. The van der Waals surface area contributed by atoms with E-state index in [0.717, 1.165) is 21.1 Å². The number of aliphatic hydroxyl groups excluding tert-OH is 1. The van der Waals surface area contributed by atoms with Crippen molar-refractivity contribution in [3.05, 3.63) is 33.9 Å². The minimum atomic E-state index is 0.162. The number of rotatable bonds is 4. The first-order valence-corrected chi connectivity index (χ1v) is 6.48. The lowest BCUT2D eigenvalue weighted by atomic mass is 10.1. The molecule has 2 rings (SSSR count). The third kappa shape index (κ3) is 2.70. The van der Waals surface area contributed by atoms with Crippen molar-refractivity contribution in [2.45, 2.75) is 6.42 Å². The molecule has 0 atom stereocenters. The summed E-state index contributed by atoms with van der Waals surface area (Å²) in [5, 5.41) is 14.5. The Hall–Kier alpha value is -0.840. The van der Waals surface area contributed by atoms with Crippen LogP contribution in [0.2, 0.25) is 5.02 Å². The van der Waals surface area contributed by atoms with Gasteiger partial charge in [-0.05, 0) is 28.4 Å². The number of hydrogen-bond acceptors (Lipinski definition) is 3. The lowest BCUT2D eigenvalue weighted by Crippen LogP contribution is -2.05. The van der Waals surface area contributed by atoms with E-state index in [2.05, 4.69) is 26.2 Å². The summed E-state index contributed by atoms with van der Waals surface area (Å²) in [6.45, 7) is 0.834. The van der Waals surface area contributed by atoms with Crippen molar-refractivity contribution in [1.29, 1.82) is 0 Å². The summed E-state index contributed by atoms with van der Waals surface area (Å²) in [5.41, 5.74) is 0. The van der Waals surface area contributed by atoms with Crippen LogP contribution < -0.4 is 5.32 Å². The van der Waals surface area contributed by atoms with Gasteiger partial charge in [-0.15, -0.1) is 0 Å². The average molecular weight is 316 g/mol. The SMILES string of the molecule is OCCCNc1ncc(Br)c2cccc(Cl)c12. The number of anilines is 1. The number of hydrogen-bond donors (Lipinski definition) is 2. The van der Waals surface area contributed by atoms with Crippen LogP contribution in [0.15, 0.2) is 28.9 Å². The highest BCUT2D eigenvalue weighted by Crippen LogP contribution is 2.33. The second-order valence-corrected chi connectivity index (χ2v) is 4.88. The Morgan fingerprint density at radius 3 is 3.00 bits per heavy atom. The molecule has 0 fully saturated rings. The van der Waals surface area contributed by atoms with E-state index >= 15 is 0 Å². The minimum absolute atomic E-state index is 0.162. The van der Waals surface area contributed by atoms with Crippen molar-refractivity contribution in [1.82, 2.24) is 4.98 Å². The van der Waals surface area contributed by atoms with Crippen LogP contribution in [0.1, 0.15) is 6.42 Å². The van der Waals surface area contributed by atoms with E-state index in [9.17, 15) is 0 Å². The molecule has 17 heavy (non-hydrogen) atoms. The Bertz CT molecular complexity index is 533. The van der Waals surface area contributed by atoms with Gasteiger partial charge in [0.1, 0.15) is 5.82 Å². The Balaban J connectivity index is 2.45. The molecule has 0 saturated carbocycles. The molecular weight excluding hydrogens is 304 g/mol. The quantitative estimate of drug-likeness (QED) is 0.850. The van der Waals surface area contributed by atoms with Gasteiger partial charge in [0.25, 0.3) is 0 Å². The first-order valence-electron chi connectivity index (χ1n) is 5.31. The third-order valence-electron chi connectivity index (χ3n) is 2.44. The van der Waals surface area contributed by atoms with Gasteiger partial charge in [0.05, 0.1) is 5.02 Å². The van der Waals surface area contributed by atoms with Crippen molar-refractivity contribution in [3.8, 4) is 0 Å². The molecule has 0 aliphatic rings. The second kappa shape index (κ2) is 5.67. The molecule has 0 amide bonds. The zero-order chi connectivity index (χ0) is 12.3. The maximum Gasteiger partial charge on any atom is 0.135 e. The first kappa shape index (κ1) is 12.6. The summed E-state index contributed by atoms with van der Waals surface area (Å²) in [6, 6.07) is 5.74. The van der Waals surface area contributed by atoms with Crippen LogP contribution in [-0.2, 0) is 0 Å². The number of aromatic nitrogens is 1. The van der Waals surface area contributed by atoms with Gasteiger partial charge in [-0.25, -0.2) is 4.98 Å². The molecule has 2 N–H and O–H groups in total. The fourth-order valence-electron chi connectivity index (χ4n) is 1.64. The third-order valence-corrected chi connectivity index (χ3v) is 3.39. The highest BCUT2D eigenvalue weighted by molar-refractivity contribution is 9.10. The molecule has 0 bridgehead atoms. The first-order chi connectivity index (χ1) is 8.24. The zero-order valence-electron chi connectivity index (χ0n) is 9.08. The predicted molar refractivity (Wildman–Crippen MR) is 74.6 cm³/mol. The van der Waals surface area contributed by atoms with Crippen LogP contribution in [0.4, 0.5) is 5.82 Å². The standard InChI is InChI=1S/C12H12BrClN2O/c13-9-7-16-12(15-5-2-6-17)11-8(9)3-1-4-10(11)14/h1,3-4,7,17H,2,5-6H2,(H,15,16). The van der Waals surface area contributed by atoms with Crippen molar-refractivity contribution in [2.24, 2.45) is 0 Å². The van der Waals surface area contributed by atoms with Crippen molar-refractivity contribution in [3.63, 3.8) is 0 Å². The number of halogens is 2. The molecule has 1 aromatic carbocycles. The summed E-state index contributed by atoms with van der Waals surface area (Å²) in [5.74, 6) is 0.752. The lowest BCUT2D eigenvalue weighted by Gasteiger charge is -2.10. The van der Waals surface area contributed by atoms with Crippen LogP contribution in [0.25, 0.3) is 10.8 Å². The summed E-state index contributed by atoms with van der Waals surface area (Å²) in [6.07, 6.45) is 2.43. The molecule has 1 aromatic heterocycles. The largest absolute Gasteiger partial charge is 0.396 e. The van der Waals surface area contributed by atoms with Crippen LogP contribution in [-0.4, -0.2) is 23.2 Å². The highest BCUT2D eigenvalue weighted by Gasteiger charge is 2.08. The molecule has 0 saturated heterocycles. The number of nitrogens with one attached hydrogen (secondary N) is 1. The van der Waals surface area contributed by atoms with E-state index in [-0.39, 0.29) is 6.61 Å². The van der Waals surface area contributed by atoms with E-state index in [0.29, 0.717) is 18.0 Å². The Kier molecular flexibility index (Phi) is 4.20. The van der Waals surface area contributed by atoms with Crippen LogP contribution in [0.5, 0.6) is 0 Å². The molecule has 3 nitrogen and oxygen atoms in total. The summed E-state index contributed by atoms with van der Waals surface area (Å²) < 4.78 is 0.919.